The fourth-order valence-corrected chi connectivity index (χ4v) is 1.84. The summed E-state index contributed by atoms with van der Waals surface area (Å²) < 4.78 is 0. The molecule has 0 saturated heterocycles. The van der Waals surface area contributed by atoms with E-state index in [2.05, 4.69) is 17.4 Å². The molecule has 1 aromatic rings. The van der Waals surface area contributed by atoms with Crippen molar-refractivity contribution in [3.8, 4) is 0 Å². The molecule has 100 valence electrons. The fraction of sp³-hybridized carbons (Fsp3) is 0.533. The first-order valence-electron chi connectivity index (χ1n) is 6.74. The van der Waals surface area contributed by atoms with Crippen LogP contribution in [-0.4, -0.2) is 18.5 Å². The number of amides is 1. The Bertz CT molecular complexity index is 336. The van der Waals surface area contributed by atoms with Crippen molar-refractivity contribution in [3.63, 3.8) is 0 Å². The molecule has 1 atom stereocenters. The van der Waals surface area contributed by atoms with Crippen LogP contribution in [0.25, 0.3) is 0 Å². The maximum Gasteiger partial charge on any atom is 0.219 e. The molecular weight excluding hydrogens is 224 g/mol. The summed E-state index contributed by atoms with van der Waals surface area (Å²) >= 11 is 0. The van der Waals surface area contributed by atoms with Crippen molar-refractivity contribution in [2.45, 2.75) is 45.1 Å². The van der Waals surface area contributed by atoms with Crippen molar-refractivity contribution in [3.05, 3.63) is 35.9 Å². The Balaban J connectivity index is 2.02. The first kappa shape index (κ1) is 14.7. The summed E-state index contributed by atoms with van der Waals surface area (Å²) in [5.74, 6) is 0.142. The Morgan fingerprint density at radius 1 is 1.28 bits per heavy atom. The van der Waals surface area contributed by atoms with Gasteiger partial charge in [0.25, 0.3) is 0 Å². The summed E-state index contributed by atoms with van der Waals surface area (Å²) in [6.07, 6.45) is 4.39. The van der Waals surface area contributed by atoms with Crippen LogP contribution in [-0.2, 0) is 11.2 Å². The Hall–Kier alpha value is -1.35. The zero-order valence-corrected chi connectivity index (χ0v) is 11.2. The number of hydrogen-bond donors (Lipinski definition) is 2. The summed E-state index contributed by atoms with van der Waals surface area (Å²) in [6, 6.07) is 10.5. The number of benzene rings is 1. The Kier molecular flexibility index (Phi) is 7.11. The lowest BCUT2D eigenvalue weighted by molar-refractivity contribution is -0.121. The molecule has 1 rings (SSSR count). The molecule has 0 radical (unpaired) electrons. The van der Waals surface area contributed by atoms with Gasteiger partial charge >= 0.3 is 0 Å². The quantitative estimate of drug-likeness (QED) is 0.693. The van der Waals surface area contributed by atoms with E-state index in [1.807, 2.05) is 25.1 Å². The number of hydrogen-bond acceptors (Lipinski definition) is 2. The number of carbonyl (C=O) groups is 1. The van der Waals surface area contributed by atoms with E-state index in [9.17, 15) is 4.79 Å². The van der Waals surface area contributed by atoms with E-state index in [0.717, 1.165) is 32.2 Å². The summed E-state index contributed by atoms with van der Waals surface area (Å²) in [5, 5.41) is 2.95. The molecule has 0 aliphatic rings. The maximum absolute atomic E-state index is 11.5. The van der Waals surface area contributed by atoms with Gasteiger partial charge in [-0.25, -0.2) is 0 Å². The molecule has 1 amide bonds. The van der Waals surface area contributed by atoms with Crippen LogP contribution < -0.4 is 11.1 Å². The van der Waals surface area contributed by atoms with Crippen LogP contribution in [0.3, 0.4) is 0 Å². The molecule has 0 heterocycles. The van der Waals surface area contributed by atoms with Crippen LogP contribution in [0, 0.1) is 0 Å². The second kappa shape index (κ2) is 8.70. The van der Waals surface area contributed by atoms with Crippen LogP contribution >= 0.6 is 0 Å². The molecule has 18 heavy (non-hydrogen) atoms. The van der Waals surface area contributed by atoms with E-state index >= 15 is 0 Å². The van der Waals surface area contributed by atoms with E-state index in [1.165, 1.54) is 5.56 Å². The minimum atomic E-state index is 0.142. The van der Waals surface area contributed by atoms with Gasteiger partial charge in [0.2, 0.25) is 5.91 Å². The van der Waals surface area contributed by atoms with Crippen molar-refractivity contribution in [2.75, 3.05) is 6.54 Å². The smallest absolute Gasteiger partial charge is 0.219 e. The predicted molar refractivity (Wildman–Crippen MR) is 75.3 cm³/mol. The van der Waals surface area contributed by atoms with Gasteiger partial charge in [0.1, 0.15) is 0 Å². The van der Waals surface area contributed by atoms with E-state index in [4.69, 9.17) is 5.73 Å². The van der Waals surface area contributed by atoms with Crippen LogP contribution in [0.15, 0.2) is 30.3 Å². The van der Waals surface area contributed by atoms with Crippen LogP contribution in [0.5, 0.6) is 0 Å². The van der Waals surface area contributed by atoms with Gasteiger partial charge in [-0.1, -0.05) is 30.3 Å². The average molecular weight is 248 g/mol. The van der Waals surface area contributed by atoms with Gasteiger partial charge < -0.3 is 11.1 Å². The van der Waals surface area contributed by atoms with Gasteiger partial charge in [-0.15, -0.1) is 0 Å². The van der Waals surface area contributed by atoms with Gasteiger partial charge in [0.05, 0.1) is 0 Å². The molecule has 0 aliphatic heterocycles. The third-order valence-electron chi connectivity index (χ3n) is 2.87. The summed E-state index contributed by atoms with van der Waals surface area (Å²) in [7, 11) is 0. The molecule has 0 aromatic heterocycles. The minimum absolute atomic E-state index is 0.142. The molecule has 3 nitrogen and oxygen atoms in total. The van der Waals surface area contributed by atoms with Crippen LogP contribution in [0.2, 0.25) is 0 Å². The van der Waals surface area contributed by atoms with Crippen molar-refractivity contribution in [1.82, 2.24) is 5.32 Å². The van der Waals surface area contributed by atoms with E-state index in [1.54, 1.807) is 0 Å². The molecule has 0 fully saturated rings. The molecule has 0 saturated carbocycles. The number of carbonyl (C=O) groups excluding carboxylic acids is 1. The highest BCUT2D eigenvalue weighted by atomic mass is 16.1. The number of nitrogens with two attached hydrogens (primary N) is 1. The third-order valence-corrected chi connectivity index (χ3v) is 2.87. The Morgan fingerprint density at radius 3 is 2.67 bits per heavy atom. The normalized spacial score (nSPS) is 12.1. The maximum atomic E-state index is 11.5. The predicted octanol–water partition coefficient (Wildman–Crippen LogP) is 2.25. The van der Waals surface area contributed by atoms with Gasteiger partial charge in [-0.05, 0) is 38.2 Å². The second-order valence-electron chi connectivity index (χ2n) is 4.81. The monoisotopic (exact) mass is 248 g/mol. The van der Waals surface area contributed by atoms with Crippen molar-refractivity contribution >= 4 is 5.91 Å². The number of rotatable bonds is 8. The van der Waals surface area contributed by atoms with Crippen LogP contribution in [0.1, 0.15) is 38.2 Å². The molecular formula is C15H24N2O. The molecule has 0 bridgehead atoms. The lowest BCUT2D eigenvalue weighted by atomic mass is 10.1. The molecule has 0 aliphatic carbocycles. The highest BCUT2D eigenvalue weighted by molar-refractivity contribution is 5.75. The van der Waals surface area contributed by atoms with Gasteiger partial charge in [0, 0.05) is 19.0 Å². The zero-order chi connectivity index (χ0) is 13.2. The summed E-state index contributed by atoms with van der Waals surface area (Å²) in [5.41, 5.74) is 6.96. The van der Waals surface area contributed by atoms with Crippen LogP contribution in [0.4, 0.5) is 0 Å². The first-order chi connectivity index (χ1) is 8.68. The highest BCUT2D eigenvalue weighted by Gasteiger charge is 2.01. The molecule has 3 N–H and O–H groups in total. The van der Waals surface area contributed by atoms with Gasteiger partial charge in [0.15, 0.2) is 0 Å². The van der Waals surface area contributed by atoms with Gasteiger partial charge in [-0.2, -0.15) is 0 Å². The van der Waals surface area contributed by atoms with E-state index < -0.39 is 0 Å². The third kappa shape index (κ3) is 7.07. The van der Waals surface area contributed by atoms with Gasteiger partial charge in [-0.3, -0.25) is 4.79 Å². The Labute approximate surface area is 110 Å². The molecule has 1 aromatic carbocycles. The fourth-order valence-electron chi connectivity index (χ4n) is 1.84. The van der Waals surface area contributed by atoms with Crippen molar-refractivity contribution < 1.29 is 4.79 Å². The molecule has 0 spiro atoms. The standard InChI is InChI=1S/C15H24N2O/c1-13(16)7-5-11-15(18)17-12-6-10-14-8-3-2-4-9-14/h2-4,8-9,13H,5-7,10-12,16H2,1H3,(H,17,18). The first-order valence-corrected chi connectivity index (χ1v) is 6.74. The van der Waals surface area contributed by atoms with E-state index in [0.29, 0.717) is 6.42 Å². The zero-order valence-electron chi connectivity index (χ0n) is 11.2. The number of nitrogens with one attached hydrogen (secondary N) is 1. The lowest BCUT2D eigenvalue weighted by Gasteiger charge is -2.06. The SMILES string of the molecule is CC(N)CCCC(=O)NCCCc1ccccc1. The largest absolute Gasteiger partial charge is 0.356 e. The second-order valence-corrected chi connectivity index (χ2v) is 4.81. The molecule has 3 heteroatoms. The minimum Gasteiger partial charge on any atom is -0.356 e. The Morgan fingerprint density at radius 2 is 2.00 bits per heavy atom. The summed E-state index contributed by atoms with van der Waals surface area (Å²) in [4.78, 5) is 11.5. The lowest BCUT2D eigenvalue weighted by Crippen LogP contribution is -2.25. The van der Waals surface area contributed by atoms with E-state index in [-0.39, 0.29) is 11.9 Å². The topological polar surface area (TPSA) is 55.1 Å². The van der Waals surface area contributed by atoms with Crippen molar-refractivity contribution in [2.24, 2.45) is 5.73 Å². The summed E-state index contributed by atoms with van der Waals surface area (Å²) in [6.45, 7) is 2.73. The molecule has 1 unspecified atom stereocenters. The van der Waals surface area contributed by atoms with Crippen molar-refractivity contribution in [1.29, 1.82) is 0 Å². The number of aryl methyl sites for hydroxylation is 1. The average Bonchev–Trinajstić information content (AvgIpc) is 2.35. The highest BCUT2D eigenvalue weighted by Crippen LogP contribution is 2.02.